The van der Waals surface area contributed by atoms with Crippen LogP contribution in [0.5, 0.6) is 6.01 Å². The number of hydrogen-bond acceptors (Lipinski definition) is 9. The normalized spacial score (nSPS) is 14.8. The number of hydrazone groups is 1. The van der Waals surface area contributed by atoms with Crippen molar-refractivity contribution in [3.05, 3.63) is 35.4 Å². The van der Waals surface area contributed by atoms with E-state index < -0.39 is 0 Å². The SMILES string of the molecule is CCN(CC)c1nc(NN=Cc2cccc(C)c2)nc(OCCN2CCOCC2)n1. The minimum Gasteiger partial charge on any atom is -0.462 e. The Morgan fingerprint density at radius 3 is 2.73 bits per heavy atom. The van der Waals surface area contributed by atoms with Crippen LogP contribution in [0.25, 0.3) is 0 Å². The molecule has 9 heteroatoms. The maximum atomic E-state index is 5.85. The number of ether oxygens (including phenoxy) is 2. The molecule has 0 spiro atoms. The van der Waals surface area contributed by atoms with Crippen LogP contribution >= 0.6 is 0 Å². The highest BCUT2D eigenvalue weighted by molar-refractivity contribution is 5.80. The van der Waals surface area contributed by atoms with Crippen LogP contribution in [0.1, 0.15) is 25.0 Å². The monoisotopic (exact) mass is 413 g/mol. The van der Waals surface area contributed by atoms with E-state index in [0.29, 0.717) is 24.5 Å². The molecule has 0 atom stereocenters. The fourth-order valence-electron chi connectivity index (χ4n) is 3.11. The van der Waals surface area contributed by atoms with Gasteiger partial charge in [0.1, 0.15) is 6.61 Å². The van der Waals surface area contributed by atoms with Gasteiger partial charge in [0.2, 0.25) is 5.95 Å². The van der Waals surface area contributed by atoms with Crippen molar-refractivity contribution in [3.8, 4) is 6.01 Å². The topological polar surface area (TPSA) is 88.0 Å². The summed E-state index contributed by atoms with van der Waals surface area (Å²) in [5.41, 5.74) is 5.09. The van der Waals surface area contributed by atoms with Crippen molar-refractivity contribution in [2.45, 2.75) is 20.8 Å². The zero-order valence-electron chi connectivity index (χ0n) is 18.0. The first kappa shape index (κ1) is 21.9. The summed E-state index contributed by atoms with van der Waals surface area (Å²) in [6.45, 7) is 12.5. The lowest BCUT2D eigenvalue weighted by Crippen LogP contribution is -2.38. The summed E-state index contributed by atoms with van der Waals surface area (Å²) in [4.78, 5) is 17.7. The van der Waals surface area contributed by atoms with Gasteiger partial charge in [0, 0.05) is 32.7 Å². The van der Waals surface area contributed by atoms with Crippen LogP contribution in [0.3, 0.4) is 0 Å². The number of hydrogen-bond donors (Lipinski definition) is 1. The van der Waals surface area contributed by atoms with E-state index in [0.717, 1.165) is 51.5 Å². The zero-order chi connectivity index (χ0) is 21.2. The van der Waals surface area contributed by atoms with E-state index in [9.17, 15) is 0 Å². The number of nitrogens with one attached hydrogen (secondary N) is 1. The van der Waals surface area contributed by atoms with Crippen molar-refractivity contribution in [3.63, 3.8) is 0 Å². The second-order valence-electron chi connectivity index (χ2n) is 7.00. The van der Waals surface area contributed by atoms with Crippen molar-refractivity contribution in [1.82, 2.24) is 19.9 Å². The first-order chi connectivity index (χ1) is 14.7. The Morgan fingerprint density at radius 2 is 2.00 bits per heavy atom. The average molecular weight is 414 g/mol. The molecule has 0 radical (unpaired) electrons. The molecule has 0 saturated carbocycles. The van der Waals surface area contributed by atoms with Gasteiger partial charge in [0.05, 0.1) is 19.4 Å². The third-order valence-electron chi connectivity index (χ3n) is 4.81. The largest absolute Gasteiger partial charge is 0.462 e. The van der Waals surface area contributed by atoms with Crippen LogP contribution in [-0.4, -0.2) is 78.6 Å². The van der Waals surface area contributed by atoms with Gasteiger partial charge < -0.3 is 14.4 Å². The second kappa shape index (κ2) is 11.4. The Bertz CT molecular complexity index is 821. The van der Waals surface area contributed by atoms with Crippen molar-refractivity contribution in [2.24, 2.45) is 5.10 Å². The summed E-state index contributed by atoms with van der Waals surface area (Å²) in [7, 11) is 0. The Balaban J connectivity index is 1.67. The molecular formula is C21H31N7O2. The van der Waals surface area contributed by atoms with Gasteiger partial charge in [-0.15, -0.1) is 0 Å². The lowest BCUT2D eigenvalue weighted by Gasteiger charge is -2.26. The molecule has 9 nitrogen and oxygen atoms in total. The molecule has 2 heterocycles. The third kappa shape index (κ3) is 6.64. The highest BCUT2D eigenvalue weighted by Gasteiger charge is 2.14. The molecule has 1 aliphatic heterocycles. The summed E-state index contributed by atoms with van der Waals surface area (Å²) >= 11 is 0. The number of aryl methyl sites for hydroxylation is 1. The second-order valence-corrected chi connectivity index (χ2v) is 7.00. The summed E-state index contributed by atoms with van der Waals surface area (Å²) in [5, 5.41) is 4.28. The Labute approximate surface area is 178 Å². The molecule has 3 rings (SSSR count). The van der Waals surface area contributed by atoms with E-state index in [1.54, 1.807) is 6.21 Å². The summed E-state index contributed by atoms with van der Waals surface area (Å²) in [6, 6.07) is 8.40. The fraction of sp³-hybridized carbons (Fsp3) is 0.524. The van der Waals surface area contributed by atoms with Gasteiger partial charge in [-0.3, -0.25) is 4.90 Å². The number of rotatable bonds is 10. The molecule has 30 heavy (non-hydrogen) atoms. The van der Waals surface area contributed by atoms with Crippen LogP contribution in [-0.2, 0) is 4.74 Å². The molecule has 0 unspecified atom stereocenters. The summed E-state index contributed by atoms with van der Waals surface area (Å²) < 4.78 is 11.2. The number of nitrogens with zero attached hydrogens (tertiary/aromatic N) is 6. The van der Waals surface area contributed by atoms with E-state index in [1.807, 2.05) is 30.0 Å². The third-order valence-corrected chi connectivity index (χ3v) is 4.81. The first-order valence-corrected chi connectivity index (χ1v) is 10.5. The molecule has 1 fully saturated rings. The Hall–Kier alpha value is -2.78. The van der Waals surface area contributed by atoms with Crippen LogP contribution in [0.15, 0.2) is 29.4 Å². The van der Waals surface area contributed by atoms with E-state index in [1.165, 1.54) is 5.56 Å². The van der Waals surface area contributed by atoms with Crippen LogP contribution in [0, 0.1) is 6.92 Å². The van der Waals surface area contributed by atoms with E-state index in [-0.39, 0.29) is 0 Å². The summed E-state index contributed by atoms with van der Waals surface area (Å²) in [6.07, 6.45) is 1.74. The Kier molecular flexibility index (Phi) is 8.34. The van der Waals surface area contributed by atoms with Gasteiger partial charge in [-0.05, 0) is 26.3 Å². The molecule has 1 aromatic heterocycles. The van der Waals surface area contributed by atoms with Crippen LogP contribution < -0.4 is 15.1 Å². The predicted octanol–water partition coefficient (Wildman–Crippen LogP) is 2.18. The minimum absolute atomic E-state index is 0.299. The molecule has 2 aromatic rings. The lowest BCUT2D eigenvalue weighted by molar-refractivity contribution is 0.0317. The van der Waals surface area contributed by atoms with Gasteiger partial charge in [0.25, 0.3) is 5.95 Å². The highest BCUT2D eigenvalue weighted by atomic mass is 16.5. The maximum Gasteiger partial charge on any atom is 0.323 e. The standard InChI is InChI=1S/C21H31N7O2/c1-4-28(5-2)20-23-19(26-22-16-18-8-6-7-17(3)15-18)24-21(25-20)30-14-11-27-9-12-29-13-10-27/h6-8,15-16H,4-5,9-14H2,1-3H3,(H,23,24,25,26). The van der Waals surface area contributed by atoms with E-state index >= 15 is 0 Å². The van der Waals surface area contributed by atoms with Crippen LogP contribution in [0.4, 0.5) is 11.9 Å². The van der Waals surface area contributed by atoms with Gasteiger partial charge in [-0.1, -0.05) is 29.8 Å². The number of aromatic nitrogens is 3. The highest BCUT2D eigenvalue weighted by Crippen LogP contribution is 2.15. The quantitative estimate of drug-likeness (QED) is 0.468. The first-order valence-electron chi connectivity index (χ1n) is 10.5. The molecular weight excluding hydrogens is 382 g/mol. The minimum atomic E-state index is 0.299. The van der Waals surface area contributed by atoms with E-state index in [2.05, 4.69) is 50.3 Å². The van der Waals surface area contributed by atoms with Crippen molar-refractivity contribution >= 4 is 18.1 Å². The van der Waals surface area contributed by atoms with Gasteiger partial charge in [0.15, 0.2) is 0 Å². The molecule has 1 N–H and O–H groups in total. The number of anilines is 2. The number of benzene rings is 1. The van der Waals surface area contributed by atoms with Gasteiger partial charge >= 0.3 is 6.01 Å². The molecule has 0 bridgehead atoms. The molecule has 162 valence electrons. The maximum absolute atomic E-state index is 5.85. The average Bonchev–Trinajstić information content (AvgIpc) is 2.75. The smallest absolute Gasteiger partial charge is 0.323 e. The van der Waals surface area contributed by atoms with E-state index in [4.69, 9.17) is 9.47 Å². The lowest BCUT2D eigenvalue weighted by atomic mass is 10.2. The molecule has 1 saturated heterocycles. The predicted molar refractivity (Wildman–Crippen MR) is 119 cm³/mol. The molecule has 0 aliphatic carbocycles. The van der Waals surface area contributed by atoms with Gasteiger partial charge in [-0.2, -0.15) is 20.1 Å². The fourth-order valence-corrected chi connectivity index (χ4v) is 3.11. The van der Waals surface area contributed by atoms with Crippen molar-refractivity contribution in [1.29, 1.82) is 0 Å². The number of morpholine rings is 1. The molecule has 0 amide bonds. The summed E-state index contributed by atoms with van der Waals surface area (Å²) in [5.74, 6) is 0.932. The van der Waals surface area contributed by atoms with Crippen molar-refractivity contribution in [2.75, 3.05) is 62.9 Å². The van der Waals surface area contributed by atoms with Gasteiger partial charge in [-0.25, -0.2) is 5.43 Å². The van der Waals surface area contributed by atoms with Crippen LogP contribution in [0.2, 0.25) is 0 Å². The van der Waals surface area contributed by atoms with Crippen molar-refractivity contribution < 1.29 is 9.47 Å². The zero-order valence-corrected chi connectivity index (χ0v) is 18.0. The molecule has 1 aliphatic rings. The Morgan fingerprint density at radius 1 is 1.20 bits per heavy atom. The molecule has 1 aromatic carbocycles.